The summed E-state index contributed by atoms with van der Waals surface area (Å²) in [6.45, 7) is 2.54. The maximum absolute atomic E-state index is 12.7. The van der Waals surface area contributed by atoms with E-state index in [4.69, 9.17) is 9.47 Å². The zero-order valence-electron chi connectivity index (χ0n) is 17.3. The number of ether oxygens (including phenoxy) is 2. The topological polar surface area (TPSA) is 67.9 Å². The molecule has 2 aromatic rings. The van der Waals surface area contributed by atoms with E-state index in [2.05, 4.69) is 5.32 Å². The molecule has 1 N–H and O–H groups in total. The summed E-state index contributed by atoms with van der Waals surface area (Å²) in [6, 6.07) is 15.0. The molecule has 1 atom stereocenters. The predicted octanol–water partition coefficient (Wildman–Crippen LogP) is 4.40. The van der Waals surface area contributed by atoms with Gasteiger partial charge >= 0.3 is 0 Å². The van der Waals surface area contributed by atoms with E-state index in [1.165, 1.54) is 6.42 Å². The van der Waals surface area contributed by atoms with Gasteiger partial charge < -0.3 is 19.7 Å². The smallest absolute Gasteiger partial charge is 0.267 e. The van der Waals surface area contributed by atoms with Gasteiger partial charge in [-0.1, -0.05) is 37.5 Å². The van der Waals surface area contributed by atoms with E-state index < -0.39 is 6.10 Å². The first-order chi connectivity index (χ1) is 14.6. The molecule has 30 heavy (non-hydrogen) atoms. The van der Waals surface area contributed by atoms with Crippen molar-refractivity contribution in [1.82, 2.24) is 0 Å². The third-order valence-corrected chi connectivity index (χ3v) is 5.74. The fourth-order valence-electron chi connectivity index (χ4n) is 4.10. The molecular weight excluding hydrogens is 380 g/mol. The number of para-hydroxylation sites is 1. The number of amides is 2. The summed E-state index contributed by atoms with van der Waals surface area (Å²) in [5.41, 5.74) is 1.40. The molecule has 2 aliphatic rings. The van der Waals surface area contributed by atoms with Gasteiger partial charge in [0.25, 0.3) is 5.91 Å². The van der Waals surface area contributed by atoms with E-state index in [0.717, 1.165) is 31.4 Å². The molecule has 0 radical (unpaired) electrons. The van der Waals surface area contributed by atoms with Crippen molar-refractivity contribution in [3.05, 3.63) is 48.5 Å². The fraction of sp³-hybridized carbons (Fsp3) is 0.417. The minimum atomic E-state index is -0.585. The summed E-state index contributed by atoms with van der Waals surface area (Å²) in [7, 11) is 0. The quantitative estimate of drug-likeness (QED) is 0.769. The van der Waals surface area contributed by atoms with Gasteiger partial charge in [0.2, 0.25) is 5.91 Å². The van der Waals surface area contributed by atoms with Crippen LogP contribution in [0.15, 0.2) is 48.5 Å². The van der Waals surface area contributed by atoms with Crippen LogP contribution in [0.2, 0.25) is 0 Å². The van der Waals surface area contributed by atoms with Crippen LogP contribution in [0.4, 0.5) is 11.4 Å². The molecule has 1 fully saturated rings. The molecule has 1 heterocycles. The van der Waals surface area contributed by atoms with Gasteiger partial charge in [-0.05, 0) is 44.0 Å². The molecule has 0 spiro atoms. The van der Waals surface area contributed by atoms with Crippen LogP contribution in [0.5, 0.6) is 11.5 Å². The SMILES string of the molecule is CC1Oc2cc(NC(=O)C3CCCCC3)ccc2N(CCOc2ccccc2)C1=O. The Morgan fingerprint density at radius 1 is 1.13 bits per heavy atom. The fourth-order valence-corrected chi connectivity index (χ4v) is 4.10. The standard InChI is InChI=1S/C24H28N2O4/c1-17-24(28)26(14-15-29-20-10-6-3-7-11-20)21-13-12-19(16-22(21)30-17)25-23(27)18-8-4-2-5-9-18/h3,6-7,10-13,16-18H,2,4-5,8-9,14-15H2,1H3,(H,25,27). The molecule has 1 aliphatic carbocycles. The summed E-state index contributed by atoms with van der Waals surface area (Å²) in [4.78, 5) is 26.9. The second kappa shape index (κ2) is 9.20. The summed E-state index contributed by atoms with van der Waals surface area (Å²) < 4.78 is 11.6. The average Bonchev–Trinajstić information content (AvgIpc) is 2.77. The van der Waals surface area contributed by atoms with Crippen LogP contribution in [0.25, 0.3) is 0 Å². The lowest BCUT2D eigenvalue weighted by Crippen LogP contribution is -2.46. The number of nitrogens with zero attached hydrogens (tertiary/aromatic N) is 1. The van der Waals surface area contributed by atoms with Crippen molar-refractivity contribution in [2.24, 2.45) is 5.92 Å². The Labute approximate surface area is 177 Å². The van der Waals surface area contributed by atoms with Crippen LogP contribution in [-0.2, 0) is 9.59 Å². The highest BCUT2D eigenvalue weighted by Crippen LogP contribution is 2.36. The van der Waals surface area contributed by atoms with Gasteiger partial charge in [-0.2, -0.15) is 0 Å². The monoisotopic (exact) mass is 408 g/mol. The molecule has 0 bridgehead atoms. The lowest BCUT2D eigenvalue weighted by Gasteiger charge is -2.33. The maximum atomic E-state index is 12.7. The Morgan fingerprint density at radius 3 is 2.67 bits per heavy atom. The zero-order chi connectivity index (χ0) is 20.9. The molecule has 6 nitrogen and oxygen atoms in total. The predicted molar refractivity (Wildman–Crippen MR) is 116 cm³/mol. The zero-order valence-corrected chi connectivity index (χ0v) is 17.3. The Morgan fingerprint density at radius 2 is 1.90 bits per heavy atom. The number of hydrogen-bond donors (Lipinski definition) is 1. The van der Waals surface area contributed by atoms with Crippen LogP contribution < -0.4 is 19.7 Å². The van der Waals surface area contributed by atoms with Crippen molar-refractivity contribution < 1.29 is 19.1 Å². The van der Waals surface area contributed by atoms with Crippen molar-refractivity contribution in [3.63, 3.8) is 0 Å². The Bertz CT molecular complexity index is 893. The van der Waals surface area contributed by atoms with Crippen molar-refractivity contribution >= 4 is 23.2 Å². The molecular formula is C24H28N2O4. The Kier molecular flexibility index (Phi) is 6.21. The van der Waals surface area contributed by atoms with Crippen LogP contribution in [0, 0.1) is 5.92 Å². The number of rotatable bonds is 6. The highest BCUT2D eigenvalue weighted by molar-refractivity contribution is 6.00. The minimum absolute atomic E-state index is 0.0719. The van der Waals surface area contributed by atoms with Crippen molar-refractivity contribution in [2.45, 2.75) is 45.1 Å². The molecule has 2 amide bonds. The first-order valence-corrected chi connectivity index (χ1v) is 10.7. The van der Waals surface area contributed by atoms with Crippen molar-refractivity contribution in [2.75, 3.05) is 23.4 Å². The van der Waals surface area contributed by atoms with Gasteiger partial charge in [-0.25, -0.2) is 0 Å². The van der Waals surface area contributed by atoms with Gasteiger partial charge in [0.05, 0.1) is 12.2 Å². The average molecular weight is 408 g/mol. The first kappa shape index (κ1) is 20.3. The first-order valence-electron chi connectivity index (χ1n) is 10.7. The molecule has 0 aromatic heterocycles. The van der Waals surface area contributed by atoms with Gasteiger partial charge in [0.15, 0.2) is 6.10 Å². The van der Waals surface area contributed by atoms with Crippen LogP contribution >= 0.6 is 0 Å². The van der Waals surface area contributed by atoms with E-state index in [-0.39, 0.29) is 17.7 Å². The lowest BCUT2D eigenvalue weighted by molar-refractivity contribution is -0.125. The van der Waals surface area contributed by atoms with Gasteiger partial charge in [0, 0.05) is 17.7 Å². The minimum Gasteiger partial charge on any atom is -0.492 e. The van der Waals surface area contributed by atoms with E-state index in [9.17, 15) is 9.59 Å². The maximum Gasteiger partial charge on any atom is 0.267 e. The van der Waals surface area contributed by atoms with Crippen LogP contribution in [0.3, 0.4) is 0 Å². The molecule has 158 valence electrons. The van der Waals surface area contributed by atoms with E-state index in [1.54, 1.807) is 11.8 Å². The summed E-state index contributed by atoms with van der Waals surface area (Å²) in [6.07, 6.45) is 4.77. The van der Waals surface area contributed by atoms with Crippen LogP contribution in [-0.4, -0.2) is 31.1 Å². The number of fused-ring (bicyclic) bond motifs is 1. The Hall–Kier alpha value is -3.02. The summed E-state index contributed by atoms with van der Waals surface area (Å²) >= 11 is 0. The van der Waals surface area contributed by atoms with Crippen molar-refractivity contribution in [3.8, 4) is 11.5 Å². The number of carbonyl (C=O) groups is 2. The third-order valence-electron chi connectivity index (χ3n) is 5.74. The molecule has 4 rings (SSSR count). The molecule has 1 aliphatic heterocycles. The number of nitrogens with one attached hydrogen (secondary N) is 1. The van der Waals surface area contributed by atoms with Crippen molar-refractivity contribution in [1.29, 1.82) is 0 Å². The highest BCUT2D eigenvalue weighted by Gasteiger charge is 2.32. The third kappa shape index (κ3) is 4.58. The van der Waals surface area contributed by atoms with E-state index in [1.807, 2.05) is 48.5 Å². The number of benzene rings is 2. The molecule has 1 unspecified atom stereocenters. The Balaban J connectivity index is 1.44. The number of anilines is 2. The largest absolute Gasteiger partial charge is 0.492 e. The second-order valence-corrected chi connectivity index (χ2v) is 7.92. The molecule has 2 aromatic carbocycles. The van der Waals surface area contributed by atoms with Gasteiger partial charge in [-0.15, -0.1) is 0 Å². The van der Waals surface area contributed by atoms with E-state index in [0.29, 0.717) is 30.3 Å². The van der Waals surface area contributed by atoms with E-state index >= 15 is 0 Å². The van der Waals surface area contributed by atoms with Crippen LogP contribution in [0.1, 0.15) is 39.0 Å². The van der Waals surface area contributed by atoms with Gasteiger partial charge in [0.1, 0.15) is 18.1 Å². The summed E-state index contributed by atoms with van der Waals surface area (Å²) in [5.74, 6) is 1.43. The normalized spacial score (nSPS) is 19.0. The number of carbonyl (C=O) groups excluding carboxylic acids is 2. The highest BCUT2D eigenvalue weighted by atomic mass is 16.5. The summed E-state index contributed by atoms with van der Waals surface area (Å²) in [5, 5.41) is 3.02. The van der Waals surface area contributed by atoms with Gasteiger partial charge in [-0.3, -0.25) is 9.59 Å². The molecule has 1 saturated carbocycles. The lowest BCUT2D eigenvalue weighted by atomic mass is 9.88. The molecule has 6 heteroatoms. The molecule has 0 saturated heterocycles. The number of hydrogen-bond acceptors (Lipinski definition) is 4. The second-order valence-electron chi connectivity index (χ2n) is 7.92.